The molecule has 8 heteroatoms. The largest absolute Gasteiger partial charge is 0.427 e. The topological polar surface area (TPSA) is 52.6 Å². The summed E-state index contributed by atoms with van der Waals surface area (Å²) in [5.41, 5.74) is 2.56. The van der Waals surface area contributed by atoms with Gasteiger partial charge in [-0.05, 0) is 73.9 Å². The first-order valence-electron chi connectivity index (χ1n) is 12.5. The van der Waals surface area contributed by atoms with Crippen LogP contribution in [0.25, 0.3) is 0 Å². The van der Waals surface area contributed by atoms with Crippen LogP contribution in [0.1, 0.15) is 75.3 Å². The summed E-state index contributed by atoms with van der Waals surface area (Å²) in [7, 11) is 0. The normalized spacial score (nSPS) is 11.2. The Balaban J connectivity index is 1.51. The molecule has 0 radical (unpaired) electrons. The van der Waals surface area contributed by atoms with Gasteiger partial charge in [-0.15, -0.1) is 0 Å². The Morgan fingerprint density at radius 1 is 0.556 bits per heavy atom. The molecule has 0 atom stereocenters. The van der Waals surface area contributed by atoms with Crippen molar-refractivity contribution in [3.63, 3.8) is 0 Å². The van der Waals surface area contributed by atoms with E-state index in [1.165, 1.54) is 49.7 Å². The first-order chi connectivity index (χ1) is 17.3. The highest BCUT2D eigenvalue weighted by atomic mass is 79.9. The first-order valence-corrected chi connectivity index (χ1v) is 16.1. The molecule has 0 aromatic heterocycles. The number of rotatable bonds is 17. The summed E-state index contributed by atoms with van der Waals surface area (Å²) in [6.07, 6.45) is 11.5. The predicted molar refractivity (Wildman–Crippen MR) is 161 cm³/mol. The average Bonchev–Trinajstić information content (AvgIpc) is 2.85. The van der Waals surface area contributed by atoms with Gasteiger partial charge in [0.05, 0.1) is 7.47 Å². The van der Waals surface area contributed by atoms with E-state index in [-0.39, 0.29) is 19.4 Å². The van der Waals surface area contributed by atoms with Crippen LogP contribution in [0.3, 0.4) is 0 Å². The number of carbonyl (C=O) groups excluding carboxylic acids is 2. The van der Waals surface area contributed by atoms with Gasteiger partial charge in [-0.2, -0.15) is 0 Å². The smallest absolute Gasteiger partial charge is 0.311 e. The Morgan fingerprint density at radius 3 is 1.22 bits per heavy atom. The van der Waals surface area contributed by atoms with Gasteiger partial charge in [0.15, 0.2) is 0 Å². The zero-order valence-electron chi connectivity index (χ0n) is 20.4. The number of benzene rings is 2. The van der Waals surface area contributed by atoms with Crippen LogP contribution in [0.15, 0.2) is 48.5 Å². The average molecular weight is 754 g/mol. The molecule has 0 fully saturated rings. The number of esters is 2. The van der Waals surface area contributed by atoms with Gasteiger partial charge in [-0.25, -0.2) is 0 Å². The maximum atomic E-state index is 11.8. The van der Waals surface area contributed by atoms with E-state index in [1.807, 2.05) is 24.3 Å². The van der Waals surface area contributed by atoms with E-state index in [1.54, 1.807) is 0 Å². The lowest BCUT2D eigenvalue weighted by Crippen LogP contribution is -2.08. The van der Waals surface area contributed by atoms with Gasteiger partial charge in [-0.3, -0.25) is 9.59 Å². The highest BCUT2D eigenvalue weighted by Crippen LogP contribution is 2.20. The maximum Gasteiger partial charge on any atom is 0.311 e. The molecule has 0 saturated heterocycles. The lowest BCUT2D eigenvalue weighted by atomic mass is 10.0. The number of unbranched alkanes of at least 4 members (excludes halogenated alkanes) is 5. The Morgan fingerprint density at radius 2 is 0.889 bits per heavy atom. The van der Waals surface area contributed by atoms with Crippen molar-refractivity contribution in [3.05, 3.63) is 59.7 Å². The van der Waals surface area contributed by atoms with Crippen molar-refractivity contribution in [3.8, 4) is 11.5 Å². The van der Waals surface area contributed by atoms with E-state index < -0.39 is 0 Å². The second-order valence-corrected chi connectivity index (χ2v) is 15.6. The number of carbonyl (C=O) groups is 2. The molecule has 2 aromatic carbocycles. The molecule has 0 amide bonds. The molecule has 2 rings (SSSR count). The van der Waals surface area contributed by atoms with E-state index >= 15 is 0 Å². The van der Waals surface area contributed by atoms with E-state index in [2.05, 4.69) is 88.0 Å². The van der Waals surface area contributed by atoms with Crippen molar-refractivity contribution < 1.29 is 19.1 Å². The predicted octanol–water partition coefficient (Wildman–Crippen LogP) is 9.42. The lowest BCUT2D eigenvalue weighted by Gasteiger charge is -2.07. The highest BCUT2D eigenvalue weighted by Gasteiger charge is 2.09. The SMILES string of the molecule is O=C(CCC(Br)Br)Oc1ccc(CCCCCCCCc2ccc(OC(=O)CCC(Br)Br)cc2)cc1. The van der Waals surface area contributed by atoms with Crippen LogP contribution in [0, 0.1) is 0 Å². The maximum absolute atomic E-state index is 11.8. The van der Waals surface area contributed by atoms with Crippen molar-refractivity contribution in [2.75, 3.05) is 0 Å². The third-order valence-electron chi connectivity index (χ3n) is 5.62. The Bertz CT molecular complexity index is 823. The van der Waals surface area contributed by atoms with Gasteiger partial charge >= 0.3 is 11.9 Å². The van der Waals surface area contributed by atoms with Crippen LogP contribution < -0.4 is 9.47 Å². The molecular formula is C28H34Br4O4. The van der Waals surface area contributed by atoms with Crippen LogP contribution in [0.5, 0.6) is 11.5 Å². The van der Waals surface area contributed by atoms with Gasteiger partial charge in [-0.1, -0.05) is 114 Å². The fourth-order valence-electron chi connectivity index (χ4n) is 3.63. The van der Waals surface area contributed by atoms with Gasteiger partial charge < -0.3 is 9.47 Å². The molecule has 0 spiro atoms. The van der Waals surface area contributed by atoms with Crippen molar-refractivity contribution in [1.29, 1.82) is 0 Å². The lowest BCUT2D eigenvalue weighted by molar-refractivity contribution is -0.135. The minimum Gasteiger partial charge on any atom is -0.427 e. The summed E-state index contributed by atoms with van der Waals surface area (Å²) in [5, 5.41) is 0. The summed E-state index contributed by atoms with van der Waals surface area (Å²) in [6.45, 7) is 0. The molecule has 0 N–H and O–H groups in total. The number of halogens is 4. The van der Waals surface area contributed by atoms with Crippen molar-refractivity contribution >= 4 is 75.7 Å². The summed E-state index contributed by atoms with van der Waals surface area (Å²) in [6, 6.07) is 15.7. The fourth-order valence-corrected chi connectivity index (χ4v) is 4.55. The Kier molecular flexibility index (Phi) is 16.2. The number of hydrogen-bond acceptors (Lipinski definition) is 4. The number of alkyl halides is 4. The number of aryl methyl sites for hydroxylation is 2. The second-order valence-electron chi connectivity index (χ2n) is 8.72. The summed E-state index contributed by atoms with van der Waals surface area (Å²) in [4.78, 5) is 23.6. The monoisotopic (exact) mass is 750 g/mol. The fraction of sp³-hybridized carbons (Fsp3) is 0.500. The van der Waals surface area contributed by atoms with Gasteiger partial charge in [0.1, 0.15) is 11.5 Å². The van der Waals surface area contributed by atoms with Crippen LogP contribution in [-0.4, -0.2) is 19.4 Å². The quantitative estimate of drug-likeness (QED) is 0.0700. The van der Waals surface area contributed by atoms with E-state index in [9.17, 15) is 9.59 Å². The van der Waals surface area contributed by atoms with Crippen LogP contribution in [-0.2, 0) is 22.4 Å². The van der Waals surface area contributed by atoms with Gasteiger partial charge in [0, 0.05) is 12.8 Å². The summed E-state index contributed by atoms with van der Waals surface area (Å²) >= 11 is 13.5. The van der Waals surface area contributed by atoms with E-state index in [0.29, 0.717) is 37.2 Å². The molecular weight excluding hydrogens is 720 g/mol. The highest BCUT2D eigenvalue weighted by molar-refractivity contribution is 9.25. The minimum absolute atomic E-state index is 0.133. The third kappa shape index (κ3) is 14.9. The Hall–Kier alpha value is -0.700. The third-order valence-corrected chi connectivity index (χ3v) is 7.46. The molecule has 0 bridgehead atoms. The molecule has 0 heterocycles. The zero-order valence-corrected chi connectivity index (χ0v) is 26.7. The second kappa shape index (κ2) is 18.5. The van der Waals surface area contributed by atoms with Gasteiger partial charge in [0.25, 0.3) is 0 Å². The van der Waals surface area contributed by atoms with Crippen LogP contribution in [0.4, 0.5) is 0 Å². The molecule has 198 valence electrons. The molecule has 4 nitrogen and oxygen atoms in total. The van der Waals surface area contributed by atoms with Gasteiger partial charge in [0.2, 0.25) is 0 Å². The molecule has 36 heavy (non-hydrogen) atoms. The van der Waals surface area contributed by atoms with Crippen LogP contribution in [0.2, 0.25) is 0 Å². The van der Waals surface area contributed by atoms with Crippen LogP contribution >= 0.6 is 63.7 Å². The number of hydrogen-bond donors (Lipinski definition) is 0. The summed E-state index contributed by atoms with van der Waals surface area (Å²) < 4.78 is 11.0. The molecule has 0 aliphatic carbocycles. The number of ether oxygens (including phenoxy) is 2. The molecule has 0 saturated carbocycles. The van der Waals surface area contributed by atoms with E-state index in [4.69, 9.17) is 9.47 Å². The standard InChI is InChI=1S/C28H34Br4O4/c29-25(30)17-19-27(33)35-23-13-9-21(10-14-23)7-5-3-1-2-4-6-8-22-11-15-24(16-12-22)36-28(34)20-18-26(31)32/h9-16,25-26H,1-8,17-20H2. The Labute approximate surface area is 248 Å². The van der Waals surface area contributed by atoms with E-state index in [0.717, 1.165) is 12.8 Å². The van der Waals surface area contributed by atoms with Crippen molar-refractivity contribution in [2.45, 2.75) is 84.5 Å². The molecule has 0 unspecified atom stereocenters. The first kappa shape index (κ1) is 31.5. The minimum atomic E-state index is -0.209. The van der Waals surface area contributed by atoms with Crippen molar-refractivity contribution in [2.24, 2.45) is 0 Å². The van der Waals surface area contributed by atoms with Crippen molar-refractivity contribution in [1.82, 2.24) is 0 Å². The molecule has 0 aliphatic rings. The molecule has 2 aromatic rings. The zero-order chi connectivity index (χ0) is 26.2. The molecule has 0 aliphatic heterocycles. The summed E-state index contributed by atoms with van der Waals surface area (Å²) in [5.74, 6) is 0.800.